The first-order valence-corrected chi connectivity index (χ1v) is 9.79. The van der Waals surface area contributed by atoms with Gasteiger partial charge in [0.1, 0.15) is 18.4 Å². The van der Waals surface area contributed by atoms with Crippen LogP contribution in [0.25, 0.3) is 11.0 Å². The Balaban J connectivity index is 1.47. The molecule has 3 aromatic heterocycles. The van der Waals surface area contributed by atoms with Gasteiger partial charge in [0.15, 0.2) is 17.6 Å². The first-order valence-electron chi connectivity index (χ1n) is 9.79. The number of aromatic nitrogens is 3. The van der Waals surface area contributed by atoms with Gasteiger partial charge in [0.05, 0.1) is 14.2 Å². The monoisotopic (exact) mass is 419 g/mol. The number of pyridine rings is 2. The summed E-state index contributed by atoms with van der Waals surface area (Å²) in [6.45, 7) is 0.307. The number of nitrogens with one attached hydrogen (secondary N) is 1. The molecule has 4 heterocycles. The topological polar surface area (TPSA) is 98.7 Å². The van der Waals surface area contributed by atoms with Crippen LogP contribution in [0.3, 0.4) is 0 Å². The highest BCUT2D eigenvalue weighted by atomic mass is 16.6. The normalized spacial score (nSPS) is 16.2. The lowest BCUT2D eigenvalue weighted by atomic mass is 9.99. The number of rotatable bonds is 5. The Bertz CT molecular complexity index is 1200. The van der Waals surface area contributed by atoms with Gasteiger partial charge in [-0.25, -0.2) is 9.97 Å². The van der Waals surface area contributed by atoms with E-state index < -0.39 is 6.10 Å². The van der Waals surface area contributed by atoms with Crippen LogP contribution in [0.15, 0.2) is 55.0 Å². The van der Waals surface area contributed by atoms with E-state index >= 15 is 0 Å². The third kappa shape index (κ3) is 3.40. The van der Waals surface area contributed by atoms with Crippen LogP contribution in [0.4, 0.5) is 0 Å². The van der Waals surface area contributed by atoms with Crippen molar-refractivity contribution in [1.82, 2.24) is 15.0 Å². The molecule has 0 fully saturated rings. The van der Waals surface area contributed by atoms with Gasteiger partial charge in [0, 0.05) is 35.6 Å². The summed E-state index contributed by atoms with van der Waals surface area (Å²) >= 11 is 0. The number of aliphatic hydroxyl groups is 1. The zero-order valence-corrected chi connectivity index (χ0v) is 17.0. The standard InChI is InChI=1S/C23H21N3O5/c1-28-17-9-14(21(27)15-5-7-24-23-16(15)6-8-25-23)10-18-22(17)31-19(12-30-18)13-3-4-20(29-2)26-11-13/h3-11,19,21,27H,12H2,1-2H3,(H,24,25). The molecule has 0 amide bonds. The van der Waals surface area contributed by atoms with E-state index in [0.717, 1.165) is 22.2 Å². The zero-order chi connectivity index (χ0) is 21.4. The molecule has 8 heteroatoms. The number of fused-ring (bicyclic) bond motifs is 2. The largest absolute Gasteiger partial charge is 0.493 e. The van der Waals surface area contributed by atoms with E-state index in [0.29, 0.717) is 35.3 Å². The van der Waals surface area contributed by atoms with E-state index in [1.54, 1.807) is 57.1 Å². The fourth-order valence-corrected chi connectivity index (χ4v) is 3.74. The summed E-state index contributed by atoms with van der Waals surface area (Å²) in [5.41, 5.74) is 2.96. The summed E-state index contributed by atoms with van der Waals surface area (Å²) < 4.78 is 22.9. The molecule has 158 valence electrons. The average molecular weight is 419 g/mol. The number of benzene rings is 1. The second-order valence-corrected chi connectivity index (χ2v) is 7.14. The smallest absolute Gasteiger partial charge is 0.212 e. The Morgan fingerprint density at radius 1 is 1.13 bits per heavy atom. The van der Waals surface area contributed by atoms with Crippen molar-refractivity contribution in [3.05, 3.63) is 71.7 Å². The maximum absolute atomic E-state index is 11.1. The van der Waals surface area contributed by atoms with Crippen molar-refractivity contribution < 1.29 is 24.1 Å². The van der Waals surface area contributed by atoms with Crippen LogP contribution in [0.2, 0.25) is 0 Å². The van der Waals surface area contributed by atoms with Gasteiger partial charge < -0.3 is 29.0 Å². The molecular weight excluding hydrogens is 398 g/mol. The van der Waals surface area contributed by atoms with Crippen molar-refractivity contribution in [1.29, 1.82) is 0 Å². The summed E-state index contributed by atoms with van der Waals surface area (Å²) in [6, 6.07) is 10.9. The number of hydrogen-bond donors (Lipinski definition) is 2. The number of nitrogens with zero attached hydrogens (tertiary/aromatic N) is 2. The number of H-pyrrole nitrogens is 1. The minimum absolute atomic E-state index is 0.307. The van der Waals surface area contributed by atoms with Crippen molar-refractivity contribution in [2.75, 3.05) is 20.8 Å². The number of aromatic amines is 1. The summed E-state index contributed by atoms with van der Waals surface area (Å²) in [4.78, 5) is 11.6. The highest BCUT2D eigenvalue weighted by molar-refractivity contribution is 5.80. The quantitative estimate of drug-likeness (QED) is 0.510. The Morgan fingerprint density at radius 3 is 2.81 bits per heavy atom. The molecule has 5 rings (SSSR count). The average Bonchev–Trinajstić information content (AvgIpc) is 3.31. The van der Waals surface area contributed by atoms with E-state index in [9.17, 15) is 5.11 Å². The van der Waals surface area contributed by atoms with Crippen LogP contribution in [-0.4, -0.2) is 40.9 Å². The minimum atomic E-state index is -0.882. The SMILES string of the molecule is COc1ccc(C2COc3cc(C(O)c4ccnc5[nH]ccc45)cc(OC)c3O2)cn1. The Kier molecular flexibility index (Phi) is 4.83. The van der Waals surface area contributed by atoms with Crippen molar-refractivity contribution in [3.63, 3.8) is 0 Å². The number of aliphatic hydroxyl groups excluding tert-OH is 1. The van der Waals surface area contributed by atoms with E-state index in [-0.39, 0.29) is 6.10 Å². The van der Waals surface area contributed by atoms with Crippen LogP contribution in [0.1, 0.15) is 28.9 Å². The maximum atomic E-state index is 11.1. The highest BCUT2D eigenvalue weighted by Crippen LogP contribution is 2.46. The third-order valence-corrected chi connectivity index (χ3v) is 5.36. The summed E-state index contributed by atoms with van der Waals surface area (Å²) in [6.07, 6.45) is 3.95. The van der Waals surface area contributed by atoms with E-state index in [4.69, 9.17) is 18.9 Å². The molecule has 4 aromatic rings. The molecule has 0 spiro atoms. The molecule has 0 radical (unpaired) electrons. The lowest BCUT2D eigenvalue weighted by Crippen LogP contribution is -2.22. The number of hydrogen-bond acceptors (Lipinski definition) is 7. The molecular formula is C23H21N3O5. The molecule has 8 nitrogen and oxygen atoms in total. The number of methoxy groups -OCH3 is 2. The van der Waals surface area contributed by atoms with Crippen LogP contribution in [0, 0.1) is 0 Å². The summed E-state index contributed by atoms with van der Waals surface area (Å²) in [5.74, 6) is 2.03. The van der Waals surface area contributed by atoms with Crippen LogP contribution in [0.5, 0.6) is 23.1 Å². The molecule has 0 saturated heterocycles. The molecule has 0 bridgehead atoms. The maximum Gasteiger partial charge on any atom is 0.212 e. The lowest BCUT2D eigenvalue weighted by molar-refractivity contribution is 0.0862. The zero-order valence-electron chi connectivity index (χ0n) is 17.0. The fourth-order valence-electron chi connectivity index (χ4n) is 3.74. The molecule has 1 aliphatic rings. The van der Waals surface area contributed by atoms with Gasteiger partial charge in [-0.3, -0.25) is 0 Å². The lowest BCUT2D eigenvalue weighted by Gasteiger charge is -2.29. The highest BCUT2D eigenvalue weighted by Gasteiger charge is 2.28. The van der Waals surface area contributed by atoms with Gasteiger partial charge in [0.2, 0.25) is 11.6 Å². The first-order chi connectivity index (χ1) is 15.2. The molecule has 1 aliphatic heterocycles. The van der Waals surface area contributed by atoms with Crippen LogP contribution >= 0.6 is 0 Å². The van der Waals surface area contributed by atoms with Gasteiger partial charge in [-0.05, 0) is 41.5 Å². The van der Waals surface area contributed by atoms with Gasteiger partial charge in [0.25, 0.3) is 0 Å². The second kappa shape index (κ2) is 7.81. The van der Waals surface area contributed by atoms with Crippen molar-refractivity contribution in [2.45, 2.75) is 12.2 Å². The Morgan fingerprint density at radius 2 is 2.03 bits per heavy atom. The van der Waals surface area contributed by atoms with Gasteiger partial charge in [-0.1, -0.05) is 0 Å². The molecule has 2 atom stereocenters. The van der Waals surface area contributed by atoms with E-state index in [2.05, 4.69) is 15.0 Å². The van der Waals surface area contributed by atoms with Crippen molar-refractivity contribution in [2.24, 2.45) is 0 Å². The van der Waals surface area contributed by atoms with E-state index in [1.165, 1.54) is 0 Å². The number of ether oxygens (including phenoxy) is 4. The van der Waals surface area contributed by atoms with Crippen molar-refractivity contribution in [3.8, 4) is 23.1 Å². The Hall–Kier alpha value is -3.78. The van der Waals surface area contributed by atoms with Gasteiger partial charge >= 0.3 is 0 Å². The molecule has 2 unspecified atom stereocenters. The van der Waals surface area contributed by atoms with Crippen molar-refractivity contribution >= 4 is 11.0 Å². The Labute approximate surface area is 178 Å². The predicted molar refractivity (Wildman–Crippen MR) is 113 cm³/mol. The molecule has 1 aromatic carbocycles. The molecule has 0 aliphatic carbocycles. The first kappa shape index (κ1) is 19.2. The summed E-state index contributed by atoms with van der Waals surface area (Å²) in [5, 5.41) is 12.0. The van der Waals surface area contributed by atoms with Crippen LogP contribution < -0.4 is 18.9 Å². The fraction of sp³-hybridized carbons (Fsp3) is 0.217. The molecule has 2 N–H and O–H groups in total. The molecule has 31 heavy (non-hydrogen) atoms. The van der Waals surface area contributed by atoms with Gasteiger partial charge in [-0.15, -0.1) is 0 Å². The van der Waals surface area contributed by atoms with Crippen LogP contribution in [-0.2, 0) is 0 Å². The van der Waals surface area contributed by atoms with E-state index in [1.807, 2.05) is 12.1 Å². The third-order valence-electron chi connectivity index (χ3n) is 5.36. The second-order valence-electron chi connectivity index (χ2n) is 7.14. The predicted octanol–water partition coefficient (Wildman–Crippen LogP) is 3.57. The van der Waals surface area contributed by atoms with Gasteiger partial charge in [-0.2, -0.15) is 0 Å². The summed E-state index contributed by atoms with van der Waals surface area (Å²) in [7, 11) is 3.13. The molecule has 0 saturated carbocycles. The minimum Gasteiger partial charge on any atom is -0.493 e.